The average Bonchev–Trinajstić information content (AvgIpc) is 2.63. The van der Waals surface area contributed by atoms with Crippen molar-refractivity contribution in [3.05, 3.63) is 0 Å². The van der Waals surface area contributed by atoms with Crippen LogP contribution in [-0.2, 0) is 4.74 Å². The van der Waals surface area contributed by atoms with Gasteiger partial charge in [-0.1, -0.05) is 25.7 Å². The van der Waals surface area contributed by atoms with Crippen molar-refractivity contribution in [2.45, 2.75) is 44.6 Å². The van der Waals surface area contributed by atoms with Crippen molar-refractivity contribution in [1.82, 2.24) is 10.3 Å². The molecule has 0 radical (unpaired) electrons. The van der Waals surface area contributed by atoms with E-state index in [0.717, 1.165) is 5.96 Å². The molecule has 17 heavy (non-hydrogen) atoms. The molecule has 0 unspecified atom stereocenters. The zero-order valence-corrected chi connectivity index (χ0v) is 11.1. The third-order valence-corrected chi connectivity index (χ3v) is 3.39. The van der Waals surface area contributed by atoms with Crippen LogP contribution >= 0.6 is 0 Å². The van der Waals surface area contributed by atoms with Gasteiger partial charge in [-0.15, -0.1) is 0 Å². The third-order valence-electron chi connectivity index (χ3n) is 3.39. The molecule has 3 N–H and O–H groups in total. The minimum absolute atomic E-state index is 0.565. The highest BCUT2D eigenvalue weighted by Crippen LogP contribution is 2.20. The maximum absolute atomic E-state index is 5.54. The molecule has 5 heteroatoms. The van der Waals surface area contributed by atoms with E-state index >= 15 is 0 Å². The van der Waals surface area contributed by atoms with Crippen molar-refractivity contribution in [1.29, 1.82) is 0 Å². The normalized spacial score (nSPS) is 18.9. The number of aliphatic imine (C=N–C) groups is 1. The maximum atomic E-state index is 5.54. The molecule has 0 heterocycles. The number of guanidine groups is 1. The van der Waals surface area contributed by atoms with Gasteiger partial charge in [-0.3, -0.25) is 5.43 Å². The van der Waals surface area contributed by atoms with Crippen molar-refractivity contribution in [3.8, 4) is 0 Å². The molecule has 0 aliphatic heterocycles. The monoisotopic (exact) mass is 242 g/mol. The molecule has 1 fully saturated rings. The molecule has 0 atom stereocenters. The molecule has 1 rings (SSSR count). The molecule has 0 aromatic carbocycles. The Balaban J connectivity index is 2.50. The number of methoxy groups -OCH3 is 1. The van der Waals surface area contributed by atoms with Gasteiger partial charge in [0.15, 0.2) is 0 Å². The predicted molar refractivity (Wildman–Crippen MR) is 70.8 cm³/mol. The lowest BCUT2D eigenvalue weighted by atomic mass is 10.1. The van der Waals surface area contributed by atoms with Crippen LogP contribution in [0, 0.1) is 0 Å². The molecule has 1 aliphatic carbocycles. The fraction of sp³-hybridized carbons (Fsp3) is 0.917. The molecule has 0 aromatic rings. The standard InChI is InChI=1S/C12H26N4O/c1-16(11-7-5-3-4-6-8-11)12(15-13)14-9-10-17-2/h11H,3-10,13H2,1-2H3,(H,14,15). The molecule has 5 nitrogen and oxygen atoms in total. The average molecular weight is 242 g/mol. The fourth-order valence-corrected chi connectivity index (χ4v) is 2.32. The van der Waals surface area contributed by atoms with E-state index in [-0.39, 0.29) is 0 Å². The third kappa shape index (κ3) is 4.91. The summed E-state index contributed by atoms with van der Waals surface area (Å²) in [7, 11) is 3.75. The van der Waals surface area contributed by atoms with Crippen LogP contribution in [0.4, 0.5) is 0 Å². The lowest BCUT2D eigenvalue weighted by Crippen LogP contribution is -2.47. The van der Waals surface area contributed by atoms with E-state index < -0.39 is 0 Å². The summed E-state index contributed by atoms with van der Waals surface area (Å²) in [6.07, 6.45) is 7.81. The second-order valence-electron chi connectivity index (χ2n) is 4.60. The Labute approximate surface area is 104 Å². The Morgan fingerprint density at radius 1 is 1.35 bits per heavy atom. The molecule has 0 saturated heterocycles. The molecule has 100 valence electrons. The van der Waals surface area contributed by atoms with Crippen molar-refractivity contribution in [3.63, 3.8) is 0 Å². The summed E-state index contributed by atoms with van der Waals surface area (Å²) < 4.78 is 4.99. The highest BCUT2D eigenvalue weighted by Gasteiger charge is 2.19. The Hall–Kier alpha value is -0.810. The number of nitrogens with one attached hydrogen (secondary N) is 1. The second kappa shape index (κ2) is 8.31. The molecule has 1 aliphatic rings. The van der Waals surface area contributed by atoms with Crippen LogP contribution in [0.5, 0.6) is 0 Å². The van der Waals surface area contributed by atoms with Gasteiger partial charge in [-0.25, -0.2) is 10.8 Å². The minimum atomic E-state index is 0.565. The first-order valence-corrected chi connectivity index (χ1v) is 6.52. The predicted octanol–water partition coefficient (Wildman–Crippen LogP) is 1.11. The van der Waals surface area contributed by atoms with Crippen molar-refractivity contribution in [2.75, 3.05) is 27.3 Å². The Bertz CT molecular complexity index is 225. The highest BCUT2D eigenvalue weighted by molar-refractivity contribution is 5.79. The summed E-state index contributed by atoms with van der Waals surface area (Å²) in [5.41, 5.74) is 2.70. The van der Waals surface area contributed by atoms with E-state index in [9.17, 15) is 0 Å². The first-order chi connectivity index (χ1) is 8.29. The van der Waals surface area contributed by atoms with E-state index in [1.165, 1.54) is 38.5 Å². The molecular formula is C12H26N4O. The van der Waals surface area contributed by atoms with Crippen LogP contribution in [-0.4, -0.2) is 44.2 Å². The van der Waals surface area contributed by atoms with Gasteiger partial charge < -0.3 is 9.64 Å². The lowest BCUT2D eigenvalue weighted by molar-refractivity contribution is 0.207. The number of ether oxygens (including phenoxy) is 1. The highest BCUT2D eigenvalue weighted by atomic mass is 16.5. The van der Waals surface area contributed by atoms with Gasteiger partial charge in [-0.2, -0.15) is 0 Å². The lowest BCUT2D eigenvalue weighted by Gasteiger charge is -2.29. The summed E-state index contributed by atoms with van der Waals surface area (Å²) in [6.45, 7) is 1.27. The number of hydrogen-bond acceptors (Lipinski definition) is 3. The van der Waals surface area contributed by atoms with E-state index in [4.69, 9.17) is 10.6 Å². The summed E-state index contributed by atoms with van der Waals surface area (Å²) in [4.78, 5) is 6.60. The van der Waals surface area contributed by atoms with Gasteiger partial charge in [-0.05, 0) is 12.8 Å². The number of rotatable bonds is 4. The van der Waals surface area contributed by atoms with E-state index in [1.807, 2.05) is 0 Å². The molecular weight excluding hydrogens is 216 g/mol. The molecule has 0 amide bonds. The topological polar surface area (TPSA) is 62.9 Å². The minimum Gasteiger partial charge on any atom is -0.383 e. The quantitative estimate of drug-likeness (QED) is 0.194. The summed E-state index contributed by atoms with van der Waals surface area (Å²) >= 11 is 0. The summed E-state index contributed by atoms with van der Waals surface area (Å²) in [5.74, 6) is 6.31. The van der Waals surface area contributed by atoms with Crippen LogP contribution in [0.2, 0.25) is 0 Å². The number of nitrogens with zero attached hydrogens (tertiary/aromatic N) is 2. The van der Waals surface area contributed by atoms with Crippen LogP contribution < -0.4 is 11.3 Å². The Morgan fingerprint density at radius 3 is 2.53 bits per heavy atom. The number of hydrazine groups is 1. The van der Waals surface area contributed by atoms with E-state index in [0.29, 0.717) is 19.2 Å². The van der Waals surface area contributed by atoms with Gasteiger partial charge in [0.25, 0.3) is 0 Å². The first-order valence-electron chi connectivity index (χ1n) is 6.52. The molecule has 0 bridgehead atoms. The number of hydrogen-bond donors (Lipinski definition) is 2. The summed E-state index contributed by atoms with van der Waals surface area (Å²) in [6, 6.07) is 0.565. The van der Waals surface area contributed by atoms with E-state index in [1.54, 1.807) is 7.11 Å². The van der Waals surface area contributed by atoms with Crippen molar-refractivity contribution < 1.29 is 4.74 Å². The van der Waals surface area contributed by atoms with Gasteiger partial charge in [0, 0.05) is 20.2 Å². The Morgan fingerprint density at radius 2 is 2.00 bits per heavy atom. The SMILES string of the molecule is COCCN=C(NN)N(C)C1CCCCCC1. The Kier molecular flexibility index (Phi) is 6.96. The zero-order valence-electron chi connectivity index (χ0n) is 11.1. The first kappa shape index (κ1) is 14.3. The second-order valence-corrected chi connectivity index (χ2v) is 4.60. The van der Waals surface area contributed by atoms with Crippen LogP contribution in [0.25, 0.3) is 0 Å². The molecule has 0 spiro atoms. The molecule has 0 aromatic heterocycles. The maximum Gasteiger partial charge on any atom is 0.208 e. The largest absolute Gasteiger partial charge is 0.383 e. The van der Waals surface area contributed by atoms with Crippen molar-refractivity contribution >= 4 is 5.96 Å². The zero-order chi connectivity index (χ0) is 12.5. The fourth-order valence-electron chi connectivity index (χ4n) is 2.32. The van der Waals surface area contributed by atoms with Gasteiger partial charge in [0.1, 0.15) is 0 Å². The smallest absolute Gasteiger partial charge is 0.208 e. The van der Waals surface area contributed by atoms with Gasteiger partial charge >= 0.3 is 0 Å². The van der Waals surface area contributed by atoms with Crippen molar-refractivity contribution in [2.24, 2.45) is 10.8 Å². The van der Waals surface area contributed by atoms with Crippen LogP contribution in [0.15, 0.2) is 4.99 Å². The number of nitrogens with two attached hydrogens (primary N) is 1. The van der Waals surface area contributed by atoms with Crippen LogP contribution in [0.3, 0.4) is 0 Å². The molecule has 1 saturated carbocycles. The van der Waals surface area contributed by atoms with Crippen LogP contribution in [0.1, 0.15) is 38.5 Å². The van der Waals surface area contributed by atoms with Gasteiger partial charge in [0.2, 0.25) is 5.96 Å². The van der Waals surface area contributed by atoms with E-state index in [2.05, 4.69) is 22.4 Å². The summed E-state index contributed by atoms with van der Waals surface area (Å²) in [5, 5.41) is 0. The van der Waals surface area contributed by atoms with Gasteiger partial charge in [0.05, 0.1) is 13.2 Å².